The van der Waals surface area contributed by atoms with Crippen LogP contribution in [0, 0.1) is 12.8 Å². The van der Waals surface area contributed by atoms with Gasteiger partial charge in [-0.05, 0) is 49.8 Å². The summed E-state index contributed by atoms with van der Waals surface area (Å²) in [6.45, 7) is 2.06. The van der Waals surface area contributed by atoms with Crippen LogP contribution in [0.15, 0.2) is 23.1 Å². The van der Waals surface area contributed by atoms with Crippen molar-refractivity contribution in [1.29, 1.82) is 0 Å². The number of hydrogen-bond acceptors (Lipinski definition) is 4. The van der Waals surface area contributed by atoms with E-state index in [1.807, 2.05) is 6.92 Å². The van der Waals surface area contributed by atoms with E-state index in [2.05, 4.69) is 4.72 Å². The zero-order valence-corrected chi connectivity index (χ0v) is 12.6. The molecule has 2 N–H and O–H groups in total. The molecule has 1 fully saturated rings. The van der Waals surface area contributed by atoms with Gasteiger partial charge in [-0.15, -0.1) is 0 Å². The molecule has 0 aromatic heterocycles. The number of ether oxygens (including phenoxy) is 1. The van der Waals surface area contributed by atoms with Gasteiger partial charge in [0.05, 0.1) is 13.2 Å². The summed E-state index contributed by atoms with van der Waals surface area (Å²) in [6, 6.07) is 5.02. The van der Waals surface area contributed by atoms with Gasteiger partial charge in [-0.2, -0.15) is 0 Å². The fourth-order valence-corrected chi connectivity index (χ4v) is 3.43. The molecule has 0 radical (unpaired) electrons. The molecule has 0 heterocycles. The predicted molar refractivity (Wildman–Crippen MR) is 76.3 cm³/mol. The second-order valence-corrected chi connectivity index (χ2v) is 6.98. The highest BCUT2D eigenvalue weighted by Gasteiger charge is 2.29. The number of sulfonamides is 1. The Morgan fingerprint density at radius 2 is 2.15 bits per heavy atom. The Balaban J connectivity index is 2.03. The van der Waals surface area contributed by atoms with Crippen molar-refractivity contribution in [2.24, 2.45) is 5.92 Å². The van der Waals surface area contributed by atoms with Gasteiger partial charge in [-0.1, -0.05) is 6.07 Å². The third-order valence-corrected chi connectivity index (χ3v) is 4.99. The number of methoxy groups -OCH3 is 1. The van der Waals surface area contributed by atoms with Crippen LogP contribution in [0.3, 0.4) is 0 Å². The highest BCUT2D eigenvalue weighted by atomic mass is 32.2. The van der Waals surface area contributed by atoms with Gasteiger partial charge in [0.25, 0.3) is 0 Å². The molecule has 1 aromatic carbocycles. The average Bonchev–Trinajstić information content (AvgIpc) is 3.22. The smallest absolute Gasteiger partial charge is 0.244 e. The molecule has 1 aliphatic rings. The lowest BCUT2D eigenvalue weighted by Gasteiger charge is -2.13. The minimum atomic E-state index is -3.61. The molecule has 1 atom stereocenters. The number of rotatable bonds is 7. The number of nitrogens with one attached hydrogen (secondary N) is 1. The summed E-state index contributed by atoms with van der Waals surface area (Å²) in [5.41, 5.74) is 0.851. The van der Waals surface area contributed by atoms with Crippen molar-refractivity contribution in [3.63, 3.8) is 0 Å². The summed E-state index contributed by atoms with van der Waals surface area (Å²) in [5, 5.41) is 9.74. The monoisotopic (exact) mass is 299 g/mol. The fraction of sp³-hybridized carbons (Fsp3) is 0.571. The van der Waals surface area contributed by atoms with Crippen molar-refractivity contribution in [3.05, 3.63) is 23.8 Å². The summed E-state index contributed by atoms with van der Waals surface area (Å²) in [7, 11) is -2.17. The molecule has 0 bridgehead atoms. The molecule has 1 saturated carbocycles. The van der Waals surface area contributed by atoms with E-state index in [0.29, 0.717) is 18.1 Å². The lowest BCUT2D eigenvalue weighted by molar-refractivity contribution is 0.143. The van der Waals surface area contributed by atoms with Crippen molar-refractivity contribution in [2.75, 3.05) is 13.7 Å². The zero-order chi connectivity index (χ0) is 14.8. The molecule has 0 amide bonds. The van der Waals surface area contributed by atoms with E-state index in [-0.39, 0.29) is 11.4 Å². The van der Waals surface area contributed by atoms with Crippen molar-refractivity contribution in [1.82, 2.24) is 4.72 Å². The van der Waals surface area contributed by atoms with Gasteiger partial charge in [-0.3, -0.25) is 0 Å². The van der Waals surface area contributed by atoms with Gasteiger partial charge >= 0.3 is 0 Å². The predicted octanol–water partition coefficient (Wildman–Crippen LogP) is 1.44. The largest absolute Gasteiger partial charge is 0.495 e. The molecule has 20 heavy (non-hydrogen) atoms. The molecule has 0 saturated heterocycles. The molecular weight excluding hydrogens is 278 g/mol. The molecule has 112 valence electrons. The van der Waals surface area contributed by atoms with Crippen LogP contribution in [0.1, 0.15) is 24.8 Å². The van der Waals surface area contributed by atoms with Crippen LogP contribution in [-0.2, 0) is 10.0 Å². The van der Waals surface area contributed by atoms with E-state index in [4.69, 9.17) is 4.74 Å². The second-order valence-electron chi connectivity index (χ2n) is 5.25. The van der Waals surface area contributed by atoms with Crippen molar-refractivity contribution < 1.29 is 18.3 Å². The van der Waals surface area contributed by atoms with Gasteiger partial charge in [0.15, 0.2) is 0 Å². The second kappa shape index (κ2) is 6.11. The lowest BCUT2D eigenvalue weighted by atomic mass is 10.2. The van der Waals surface area contributed by atoms with E-state index in [1.54, 1.807) is 18.2 Å². The van der Waals surface area contributed by atoms with Gasteiger partial charge in [0.1, 0.15) is 10.6 Å². The molecule has 5 nitrogen and oxygen atoms in total. The number of benzene rings is 1. The van der Waals surface area contributed by atoms with Crippen LogP contribution in [-0.4, -0.2) is 33.3 Å². The zero-order valence-electron chi connectivity index (χ0n) is 11.8. The first-order valence-corrected chi connectivity index (χ1v) is 8.24. The summed E-state index contributed by atoms with van der Waals surface area (Å²) in [5.74, 6) is 0.679. The Morgan fingerprint density at radius 1 is 1.45 bits per heavy atom. The quantitative estimate of drug-likeness (QED) is 0.799. The van der Waals surface area contributed by atoms with E-state index in [1.165, 1.54) is 7.11 Å². The van der Waals surface area contributed by atoms with Crippen LogP contribution < -0.4 is 9.46 Å². The number of aliphatic hydroxyl groups is 1. The van der Waals surface area contributed by atoms with Crippen LogP contribution in [0.25, 0.3) is 0 Å². The highest BCUT2D eigenvalue weighted by molar-refractivity contribution is 7.89. The summed E-state index contributed by atoms with van der Waals surface area (Å²) in [6.07, 6.45) is 2.12. The molecule has 1 aromatic rings. The van der Waals surface area contributed by atoms with Gasteiger partial charge < -0.3 is 9.84 Å². The topological polar surface area (TPSA) is 75.6 Å². The molecule has 2 rings (SSSR count). The first kappa shape index (κ1) is 15.3. The molecular formula is C14H21NO4S. The fourth-order valence-electron chi connectivity index (χ4n) is 2.13. The normalized spacial score (nSPS) is 16.9. The van der Waals surface area contributed by atoms with Gasteiger partial charge in [0, 0.05) is 6.54 Å². The Labute approximate surface area is 120 Å². The van der Waals surface area contributed by atoms with Crippen molar-refractivity contribution in [3.8, 4) is 5.75 Å². The van der Waals surface area contributed by atoms with Crippen LogP contribution >= 0.6 is 0 Å². The molecule has 6 heteroatoms. The van der Waals surface area contributed by atoms with Gasteiger partial charge in [-0.25, -0.2) is 13.1 Å². The van der Waals surface area contributed by atoms with Crippen molar-refractivity contribution in [2.45, 2.75) is 37.2 Å². The standard InChI is InChI=1S/C14H21NO4S/c1-10-3-6-13(19-2)14(9-10)20(17,18)15-8-7-12(16)11-4-5-11/h3,6,9,11-12,15-16H,4-5,7-8H2,1-2H3/t12-/m0/s1. The minimum Gasteiger partial charge on any atom is -0.495 e. The number of aliphatic hydroxyl groups excluding tert-OH is 1. The number of hydrogen-bond donors (Lipinski definition) is 2. The Kier molecular flexibility index (Phi) is 4.67. The van der Waals surface area contributed by atoms with E-state index in [0.717, 1.165) is 18.4 Å². The first-order chi connectivity index (χ1) is 9.44. The van der Waals surface area contributed by atoms with E-state index < -0.39 is 16.1 Å². The molecule has 1 aliphatic carbocycles. The third kappa shape index (κ3) is 3.71. The third-order valence-electron chi connectivity index (χ3n) is 3.51. The SMILES string of the molecule is COc1ccc(C)cc1S(=O)(=O)NCC[C@H](O)C1CC1. The Morgan fingerprint density at radius 3 is 2.75 bits per heavy atom. The Hall–Kier alpha value is -1.11. The molecule has 0 aliphatic heterocycles. The van der Waals surface area contributed by atoms with Crippen molar-refractivity contribution >= 4 is 10.0 Å². The first-order valence-electron chi connectivity index (χ1n) is 6.76. The summed E-state index contributed by atoms with van der Waals surface area (Å²) in [4.78, 5) is 0.140. The van der Waals surface area contributed by atoms with Crippen LogP contribution in [0.4, 0.5) is 0 Å². The highest BCUT2D eigenvalue weighted by Crippen LogP contribution is 2.33. The van der Waals surface area contributed by atoms with Gasteiger partial charge in [0.2, 0.25) is 10.0 Å². The van der Waals surface area contributed by atoms with Crippen LogP contribution in [0.2, 0.25) is 0 Å². The maximum Gasteiger partial charge on any atom is 0.244 e. The van der Waals surface area contributed by atoms with E-state index in [9.17, 15) is 13.5 Å². The Bertz CT molecular complexity index is 567. The maximum atomic E-state index is 12.3. The number of aryl methyl sites for hydroxylation is 1. The van der Waals surface area contributed by atoms with E-state index >= 15 is 0 Å². The molecule has 0 unspecified atom stereocenters. The maximum absolute atomic E-state index is 12.3. The average molecular weight is 299 g/mol. The minimum absolute atomic E-state index is 0.140. The molecule has 0 spiro atoms. The lowest BCUT2D eigenvalue weighted by Crippen LogP contribution is -2.28. The summed E-state index contributed by atoms with van der Waals surface area (Å²) < 4.78 is 32.1. The summed E-state index contributed by atoms with van der Waals surface area (Å²) >= 11 is 0. The van der Waals surface area contributed by atoms with Crippen LogP contribution in [0.5, 0.6) is 5.75 Å².